The van der Waals surface area contributed by atoms with E-state index in [-0.39, 0.29) is 5.70 Å². The molecule has 0 aliphatic heterocycles. The fourth-order valence-corrected chi connectivity index (χ4v) is 1.32. The van der Waals surface area contributed by atoms with Gasteiger partial charge in [-0.2, -0.15) is 9.84 Å². The van der Waals surface area contributed by atoms with Gasteiger partial charge in [0.15, 0.2) is 12.3 Å². The van der Waals surface area contributed by atoms with Crippen LogP contribution >= 0.6 is 0 Å². The Bertz CT molecular complexity index is 539. The minimum atomic E-state index is -0.945. The highest BCUT2D eigenvalue weighted by molar-refractivity contribution is 5.87. The van der Waals surface area contributed by atoms with E-state index in [1.165, 1.54) is 4.58 Å². The van der Waals surface area contributed by atoms with Crippen molar-refractivity contribution in [2.24, 2.45) is 0 Å². The van der Waals surface area contributed by atoms with E-state index >= 15 is 0 Å². The van der Waals surface area contributed by atoms with Crippen LogP contribution in [0.3, 0.4) is 0 Å². The molecule has 0 saturated carbocycles. The molecule has 18 heavy (non-hydrogen) atoms. The topological polar surface area (TPSA) is 73.3 Å². The first kappa shape index (κ1) is 13.5. The average Bonchev–Trinajstić information content (AvgIpc) is 2.39. The first-order valence-electron chi connectivity index (χ1n) is 5.14. The summed E-state index contributed by atoms with van der Waals surface area (Å²) in [5, 5.41) is 18.5. The molecule has 0 fully saturated rings. The Kier molecular flexibility index (Phi) is 4.64. The first-order chi connectivity index (χ1) is 8.60. The smallest absolute Gasteiger partial charge is 0.381 e. The van der Waals surface area contributed by atoms with Gasteiger partial charge in [-0.15, -0.1) is 0 Å². The highest BCUT2D eigenvalue weighted by atomic mass is 16.5. The van der Waals surface area contributed by atoms with Gasteiger partial charge in [-0.1, -0.05) is 18.2 Å². The maximum absolute atomic E-state index is 11.1. The number of methoxy groups -OCH3 is 1. The van der Waals surface area contributed by atoms with Gasteiger partial charge in [0.1, 0.15) is 7.05 Å². The quantitative estimate of drug-likeness (QED) is 0.217. The fraction of sp³-hybridized carbons (Fsp3) is 0.154. The molecule has 0 aliphatic rings. The molecule has 92 valence electrons. The Balaban J connectivity index is 3.16. The number of aliphatic hydroxyl groups is 1. The summed E-state index contributed by atoms with van der Waals surface area (Å²) in [6, 6.07) is 11.0. The van der Waals surface area contributed by atoms with Gasteiger partial charge >= 0.3 is 11.7 Å². The van der Waals surface area contributed by atoms with Crippen LogP contribution in [0.1, 0.15) is 5.56 Å². The number of rotatable bonds is 3. The van der Waals surface area contributed by atoms with Gasteiger partial charge in [-0.25, -0.2) is 4.79 Å². The number of allylic oxidation sites excluding steroid dienone is 1. The predicted molar refractivity (Wildman–Crippen MR) is 65.1 cm³/mol. The first-order valence-corrected chi connectivity index (χ1v) is 5.14. The van der Waals surface area contributed by atoms with E-state index in [2.05, 4.69) is 4.74 Å². The van der Waals surface area contributed by atoms with Crippen LogP contribution < -0.4 is 0 Å². The highest BCUT2D eigenvalue weighted by Crippen LogP contribution is 2.04. The van der Waals surface area contributed by atoms with Gasteiger partial charge in [0.05, 0.1) is 7.11 Å². The minimum Gasteiger partial charge on any atom is -0.497 e. The van der Waals surface area contributed by atoms with Crippen molar-refractivity contribution in [1.82, 2.24) is 0 Å². The summed E-state index contributed by atoms with van der Waals surface area (Å²) >= 11 is 0. The molecule has 0 radical (unpaired) electrons. The summed E-state index contributed by atoms with van der Waals surface area (Å²) < 4.78 is 5.72. The standard InChI is InChI=1S/C13H12N2O3/c1-15(9-10-6-4-3-5-7-10)11(8-14)12(16)13(17)18-2/h3-7,9H,1-2H3/p+1/b12-11-,15-9?. The third-order valence-electron chi connectivity index (χ3n) is 2.20. The molecule has 0 saturated heterocycles. The summed E-state index contributed by atoms with van der Waals surface area (Å²) in [5.41, 5.74) is 0.663. The Morgan fingerprint density at radius 1 is 1.44 bits per heavy atom. The number of nitriles is 1. The number of esters is 1. The van der Waals surface area contributed by atoms with Crippen LogP contribution in [0.4, 0.5) is 0 Å². The summed E-state index contributed by atoms with van der Waals surface area (Å²) in [4.78, 5) is 11.1. The van der Waals surface area contributed by atoms with Crippen molar-refractivity contribution >= 4 is 12.2 Å². The fourth-order valence-electron chi connectivity index (χ4n) is 1.32. The molecular formula is C13H13N2O3+. The largest absolute Gasteiger partial charge is 0.497 e. The summed E-state index contributed by atoms with van der Waals surface area (Å²) in [6.45, 7) is 0. The Morgan fingerprint density at radius 3 is 2.56 bits per heavy atom. The molecule has 0 amide bonds. The number of hydrogen-bond acceptors (Lipinski definition) is 4. The number of benzene rings is 1. The van der Waals surface area contributed by atoms with Crippen LogP contribution in [-0.2, 0) is 9.53 Å². The van der Waals surface area contributed by atoms with E-state index in [1.807, 2.05) is 30.3 Å². The number of hydrogen-bond donors (Lipinski definition) is 1. The maximum atomic E-state index is 11.1. The molecule has 5 nitrogen and oxygen atoms in total. The molecule has 1 N–H and O–H groups in total. The lowest BCUT2D eigenvalue weighted by atomic mass is 10.2. The summed E-state index contributed by atoms with van der Waals surface area (Å²) in [5.74, 6) is -1.66. The molecule has 0 aromatic heterocycles. The lowest BCUT2D eigenvalue weighted by Crippen LogP contribution is -2.15. The van der Waals surface area contributed by atoms with Gasteiger partial charge in [0.25, 0.3) is 5.76 Å². The van der Waals surface area contributed by atoms with Crippen LogP contribution in [-0.4, -0.2) is 36.0 Å². The Hall–Kier alpha value is -2.61. The highest BCUT2D eigenvalue weighted by Gasteiger charge is 2.22. The Labute approximate surface area is 105 Å². The monoisotopic (exact) mass is 245 g/mol. The molecule has 1 aromatic rings. The molecule has 1 aromatic carbocycles. The second-order valence-electron chi connectivity index (χ2n) is 3.45. The van der Waals surface area contributed by atoms with Crippen LogP contribution in [0.5, 0.6) is 0 Å². The van der Waals surface area contributed by atoms with Crippen molar-refractivity contribution in [2.45, 2.75) is 0 Å². The second kappa shape index (κ2) is 6.21. The van der Waals surface area contributed by atoms with Crippen molar-refractivity contribution in [3.8, 4) is 6.07 Å². The summed E-state index contributed by atoms with van der Waals surface area (Å²) in [6.07, 6.45) is 1.62. The van der Waals surface area contributed by atoms with E-state index in [1.54, 1.807) is 19.3 Å². The lowest BCUT2D eigenvalue weighted by Gasteiger charge is -1.98. The molecule has 0 unspecified atom stereocenters. The molecule has 0 aliphatic carbocycles. The van der Waals surface area contributed by atoms with E-state index in [9.17, 15) is 9.90 Å². The zero-order valence-corrected chi connectivity index (χ0v) is 10.1. The SMILES string of the molecule is COC(=O)/C(O)=C(\C#N)[N+](C)=Cc1ccccc1. The maximum Gasteiger partial charge on any atom is 0.381 e. The lowest BCUT2D eigenvalue weighted by molar-refractivity contribution is -0.433. The van der Waals surface area contributed by atoms with E-state index in [0.717, 1.165) is 12.7 Å². The van der Waals surface area contributed by atoms with Gasteiger partial charge < -0.3 is 9.84 Å². The zero-order chi connectivity index (χ0) is 13.5. The van der Waals surface area contributed by atoms with Crippen LogP contribution in [0.15, 0.2) is 41.8 Å². The Morgan fingerprint density at radius 2 is 2.06 bits per heavy atom. The second-order valence-corrected chi connectivity index (χ2v) is 3.45. The van der Waals surface area contributed by atoms with Crippen molar-refractivity contribution < 1.29 is 19.2 Å². The number of carbonyl (C=O) groups is 1. The normalized spacial score (nSPS) is 12.4. The molecule has 0 atom stereocenters. The van der Waals surface area contributed by atoms with E-state index in [4.69, 9.17) is 5.26 Å². The van der Waals surface area contributed by atoms with Crippen molar-refractivity contribution in [3.05, 3.63) is 47.4 Å². The number of ether oxygens (including phenoxy) is 1. The molecular weight excluding hydrogens is 232 g/mol. The molecule has 5 heteroatoms. The molecule has 0 bridgehead atoms. The predicted octanol–water partition coefficient (Wildman–Crippen LogP) is 1.21. The number of nitrogens with zero attached hydrogens (tertiary/aromatic N) is 2. The van der Waals surface area contributed by atoms with E-state index in [0.29, 0.717) is 0 Å². The van der Waals surface area contributed by atoms with Crippen molar-refractivity contribution in [2.75, 3.05) is 14.2 Å². The molecule has 0 heterocycles. The molecule has 1 rings (SSSR count). The zero-order valence-electron chi connectivity index (χ0n) is 10.1. The van der Waals surface area contributed by atoms with Crippen LogP contribution in [0.2, 0.25) is 0 Å². The number of carbonyl (C=O) groups excluding carboxylic acids is 1. The van der Waals surface area contributed by atoms with Gasteiger partial charge in [-0.3, -0.25) is 0 Å². The third kappa shape index (κ3) is 3.19. The van der Waals surface area contributed by atoms with Crippen LogP contribution in [0.25, 0.3) is 0 Å². The van der Waals surface area contributed by atoms with Crippen molar-refractivity contribution in [1.29, 1.82) is 5.26 Å². The van der Waals surface area contributed by atoms with E-state index < -0.39 is 11.7 Å². The van der Waals surface area contributed by atoms with Gasteiger partial charge in [-0.05, 0) is 12.1 Å². The van der Waals surface area contributed by atoms with Gasteiger partial charge in [0.2, 0.25) is 0 Å². The number of aliphatic hydroxyl groups excluding tert-OH is 1. The van der Waals surface area contributed by atoms with Crippen molar-refractivity contribution in [3.63, 3.8) is 0 Å². The third-order valence-corrected chi connectivity index (χ3v) is 2.20. The van der Waals surface area contributed by atoms with Gasteiger partial charge in [0, 0.05) is 5.56 Å². The van der Waals surface area contributed by atoms with Crippen LogP contribution in [0, 0.1) is 11.3 Å². The average molecular weight is 245 g/mol. The summed E-state index contributed by atoms with van der Waals surface area (Å²) in [7, 11) is 2.69. The minimum absolute atomic E-state index is 0.175. The molecule has 0 spiro atoms.